The van der Waals surface area contributed by atoms with Gasteiger partial charge in [0.1, 0.15) is 0 Å². The van der Waals surface area contributed by atoms with Gasteiger partial charge in [0, 0.05) is 26.7 Å². The fraction of sp³-hybridized carbons (Fsp3) is 0.250. The molecule has 0 heterocycles. The van der Waals surface area contributed by atoms with Gasteiger partial charge in [0.25, 0.3) is 0 Å². The molecule has 0 spiro atoms. The highest BCUT2D eigenvalue weighted by atomic mass is 16.4. The molecule has 20 heavy (non-hydrogen) atoms. The van der Waals surface area contributed by atoms with Gasteiger partial charge in [-0.3, -0.25) is 10.2 Å². The van der Waals surface area contributed by atoms with Crippen LogP contribution in [0.25, 0.3) is 0 Å². The van der Waals surface area contributed by atoms with Gasteiger partial charge in [-0.1, -0.05) is 0 Å². The maximum atomic E-state index is 11.5. The first-order chi connectivity index (χ1) is 9.29. The minimum absolute atomic E-state index is 0.120. The van der Waals surface area contributed by atoms with Crippen LogP contribution in [0.3, 0.4) is 0 Å². The van der Waals surface area contributed by atoms with E-state index >= 15 is 0 Å². The van der Waals surface area contributed by atoms with Crippen LogP contribution in [0.1, 0.15) is 17.3 Å². The van der Waals surface area contributed by atoms with Crippen molar-refractivity contribution in [2.75, 3.05) is 24.7 Å². The molecule has 1 aromatic rings. The van der Waals surface area contributed by atoms with Crippen molar-refractivity contribution in [2.24, 2.45) is 0 Å². The number of benzene rings is 1. The Morgan fingerprint density at radius 2 is 1.80 bits per heavy atom. The average molecular weight is 280 g/mol. The average Bonchev–Trinajstić information content (AvgIpc) is 2.28. The Bertz CT molecular complexity index is 542. The van der Waals surface area contributed by atoms with Gasteiger partial charge < -0.3 is 15.7 Å². The van der Waals surface area contributed by atoms with Gasteiger partial charge in [0.05, 0.1) is 11.3 Å². The highest BCUT2D eigenvalue weighted by Gasteiger charge is 2.14. The van der Waals surface area contributed by atoms with Crippen LogP contribution in [-0.4, -0.2) is 42.1 Å². The first kappa shape index (κ1) is 15.4. The van der Waals surface area contributed by atoms with E-state index in [0.717, 1.165) is 0 Å². The number of anilines is 2. The highest BCUT2D eigenvalue weighted by Crippen LogP contribution is 2.20. The highest BCUT2D eigenvalue weighted by molar-refractivity contribution is 6.01. The number of carbonyl (C=O) groups is 3. The van der Waals surface area contributed by atoms with Crippen LogP contribution in [0.5, 0.6) is 0 Å². The lowest BCUT2D eigenvalue weighted by molar-refractivity contribution is -0.114. The van der Waals surface area contributed by atoms with Crippen molar-refractivity contribution in [1.82, 2.24) is 10.4 Å². The van der Waals surface area contributed by atoms with Gasteiger partial charge in [0.2, 0.25) is 5.91 Å². The lowest BCUT2D eigenvalue weighted by Gasteiger charge is -2.14. The summed E-state index contributed by atoms with van der Waals surface area (Å²) in [5, 5.41) is 15.4. The Balaban J connectivity index is 2.98. The fourth-order valence-electron chi connectivity index (χ4n) is 1.46. The zero-order valence-electron chi connectivity index (χ0n) is 11.4. The molecule has 0 aliphatic carbocycles. The standard InChI is InChI=1S/C12H16N4O4/c1-7(17)13-8-4-5-10(9(6-8)11(18)19)14-12(20)15-16(2)3/h4-6H,1-3H3,(H,13,17)(H,18,19)(H2,14,15,20). The molecule has 0 atom stereocenters. The van der Waals surface area contributed by atoms with Crippen molar-refractivity contribution in [3.05, 3.63) is 23.8 Å². The number of aromatic carboxylic acids is 1. The number of carboxylic acid groups (broad SMARTS) is 1. The number of amides is 3. The molecule has 0 saturated heterocycles. The third-order valence-corrected chi connectivity index (χ3v) is 2.14. The topological polar surface area (TPSA) is 111 Å². The molecule has 0 aromatic heterocycles. The van der Waals surface area contributed by atoms with Gasteiger partial charge in [-0.05, 0) is 18.2 Å². The van der Waals surface area contributed by atoms with E-state index in [1.807, 2.05) is 0 Å². The molecule has 1 rings (SSSR count). The molecular weight excluding hydrogens is 264 g/mol. The molecule has 0 fully saturated rings. The van der Waals surface area contributed by atoms with Gasteiger partial charge in [-0.15, -0.1) is 0 Å². The number of nitrogens with zero attached hydrogens (tertiary/aromatic N) is 1. The number of hydrazine groups is 1. The maximum absolute atomic E-state index is 11.5. The second kappa shape index (κ2) is 6.53. The molecule has 0 saturated carbocycles. The fourth-order valence-corrected chi connectivity index (χ4v) is 1.46. The number of nitrogens with one attached hydrogen (secondary N) is 3. The molecule has 0 radical (unpaired) electrons. The first-order valence-electron chi connectivity index (χ1n) is 5.69. The monoisotopic (exact) mass is 280 g/mol. The van der Waals surface area contributed by atoms with E-state index in [9.17, 15) is 14.4 Å². The van der Waals surface area contributed by atoms with Gasteiger partial charge in [-0.25, -0.2) is 14.6 Å². The lowest BCUT2D eigenvalue weighted by Crippen LogP contribution is -2.39. The first-order valence-corrected chi connectivity index (χ1v) is 5.69. The van der Waals surface area contributed by atoms with E-state index in [0.29, 0.717) is 5.69 Å². The molecule has 3 amide bonds. The quantitative estimate of drug-likeness (QED) is 0.613. The summed E-state index contributed by atoms with van der Waals surface area (Å²) < 4.78 is 0. The predicted octanol–water partition coefficient (Wildman–Crippen LogP) is 0.941. The molecule has 108 valence electrons. The minimum atomic E-state index is -1.21. The third-order valence-electron chi connectivity index (χ3n) is 2.14. The molecule has 8 heteroatoms. The summed E-state index contributed by atoms with van der Waals surface area (Å²) in [7, 11) is 3.25. The van der Waals surface area contributed by atoms with Crippen molar-refractivity contribution in [1.29, 1.82) is 0 Å². The zero-order valence-corrected chi connectivity index (χ0v) is 11.4. The van der Waals surface area contributed by atoms with Crippen LogP contribution >= 0.6 is 0 Å². The van der Waals surface area contributed by atoms with Crippen LogP contribution < -0.4 is 16.1 Å². The number of carbonyl (C=O) groups excluding carboxylic acids is 2. The van der Waals surface area contributed by atoms with Crippen LogP contribution in [0.4, 0.5) is 16.2 Å². The second-order valence-electron chi connectivity index (χ2n) is 4.21. The summed E-state index contributed by atoms with van der Waals surface area (Å²) in [6.45, 7) is 1.32. The molecule has 8 nitrogen and oxygen atoms in total. The summed E-state index contributed by atoms with van der Waals surface area (Å²) in [4.78, 5) is 33.6. The summed E-state index contributed by atoms with van der Waals surface area (Å²) >= 11 is 0. The van der Waals surface area contributed by atoms with Crippen LogP contribution in [0.2, 0.25) is 0 Å². The van der Waals surface area contributed by atoms with Crippen molar-refractivity contribution in [3.8, 4) is 0 Å². The molecule has 1 aromatic carbocycles. The van der Waals surface area contributed by atoms with E-state index in [4.69, 9.17) is 5.11 Å². The second-order valence-corrected chi connectivity index (χ2v) is 4.21. The third kappa shape index (κ3) is 4.58. The van der Waals surface area contributed by atoms with Crippen molar-refractivity contribution in [2.45, 2.75) is 6.92 Å². The normalized spacial score (nSPS) is 10.0. The van der Waals surface area contributed by atoms with Crippen molar-refractivity contribution in [3.63, 3.8) is 0 Å². The largest absolute Gasteiger partial charge is 0.478 e. The molecule has 0 aliphatic heterocycles. The minimum Gasteiger partial charge on any atom is -0.478 e. The van der Waals surface area contributed by atoms with Crippen molar-refractivity contribution >= 4 is 29.3 Å². The lowest BCUT2D eigenvalue weighted by atomic mass is 10.1. The molecule has 4 N–H and O–H groups in total. The molecular formula is C12H16N4O4. The Labute approximate surface area is 115 Å². The van der Waals surface area contributed by atoms with E-state index in [2.05, 4.69) is 16.1 Å². The van der Waals surface area contributed by atoms with E-state index in [-0.39, 0.29) is 17.2 Å². The predicted molar refractivity (Wildman–Crippen MR) is 73.5 cm³/mol. The van der Waals surface area contributed by atoms with Crippen LogP contribution in [0, 0.1) is 0 Å². The summed E-state index contributed by atoms with van der Waals surface area (Å²) in [6.07, 6.45) is 0. The van der Waals surface area contributed by atoms with E-state index in [1.165, 1.54) is 30.1 Å². The number of hydrogen-bond donors (Lipinski definition) is 4. The van der Waals surface area contributed by atoms with Crippen LogP contribution in [-0.2, 0) is 4.79 Å². The van der Waals surface area contributed by atoms with Gasteiger partial charge in [-0.2, -0.15) is 0 Å². The maximum Gasteiger partial charge on any atom is 0.337 e. The Morgan fingerprint density at radius 3 is 2.30 bits per heavy atom. The zero-order chi connectivity index (χ0) is 15.3. The summed E-state index contributed by atoms with van der Waals surface area (Å²) in [5.74, 6) is -1.52. The Kier molecular flexibility index (Phi) is 5.04. The van der Waals surface area contributed by atoms with Crippen molar-refractivity contribution < 1.29 is 19.5 Å². The Hall–Kier alpha value is -2.61. The Morgan fingerprint density at radius 1 is 1.15 bits per heavy atom. The van der Waals surface area contributed by atoms with Gasteiger partial charge >= 0.3 is 12.0 Å². The summed E-state index contributed by atoms with van der Waals surface area (Å²) in [6, 6.07) is 3.61. The number of hydrogen-bond acceptors (Lipinski definition) is 4. The summed E-state index contributed by atoms with van der Waals surface area (Å²) in [5.41, 5.74) is 2.78. The number of rotatable bonds is 4. The van der Waals surface area contributed by atoms with Crippen LogP contribution in [0.15, 0.2) is 18.2 Å². The molecule has 0 unspecified atom stereocenters. The number of urea groups is 1. The van der Waals surface area contributed by atoms with E-state index < -0.39 is 12.0 Å². The molecule has 0 bridgehead atoms. The van der Waals surface area contributed by atoms with Gasteiger partial charge in [0.15, 0.2) is 0 Å². The molecule has 0 aliphatic rings. The SMILES string of the molecule is CC(=O)Nc1ccc(NC(=O)NN(C)C)c(C(=O)O)c1. The van der Waals surface area contributed by atoms with E-state index in [1.54, 1.807) is 14.1 Å². The number of carboxylic acids is 1. The smallest absolute Gasteiger partial charge is 0.337 e.